The maximum Gasteiger partial charge on any atom is 0.0898 e. The molecule has 1 atom stereocenters. The Labute approximate surface area is 122 Å². The van der Waals surface area contributed by atoms with Crippen LogP contribution >= 0.6 is 11.8 Å². The van der Waals surface area contributed by atoms with Gasteiger partial charge in [-0.15, -0.1) is 11.8 Å². The maximum absolute atomic E-state index is 10.3. The van der Waals surface area contributed by atoms with Crippen LogP contribution in [0.4, 0.5) is 0 Å². The van der Waals surface area contributed by atoms with Gasteiger partial charge >= 0.3 is 0 Å². The first-order valence-corrected chi connectivity index (χ1v) is 7.52. The number of thioether (sulfide) groups is 1. The molecule has 20 heavy (non-hydrogen) atoms. The molecule has 0 saturated carbocycles. The highest BCUT2D eigenvalue weighted by molar-refractivity contribution is 7.99. The number of nitrogens with zero attached hydrogens (tertiary/aromatic N) is 1. The van der Waals surface area contributed by atoms with E-state index in [2.05, 4.69) is 17.1 Å². The lowest BCUT2D eigenvalue weighted by molar-refractivity contribution is 0.204. The van der Waals surface area contributed by atoms with Crippen LogP contribution in [-0.4, -0.2) is 15.8 Å². The van der Waals surface area contributed by atoms with Crippen LogP contribution in [0.25, 0.3) is 10.9 Å². The van der Waals surface area contributed by atoms with Gasteiger partial charge in [-0.1, -0.05) is 36.4 Å². The fraction of sp³-hybridized carbons (Fsp3) is 0.118. The Balaban J connectivity index is 1.73. The number of aromatic nitrogens is 1. The molecule has 1 unspecified atom stereocenters. The fourth-order valence-electron chi connectivity index (χ4n) is 2.06. The number of para-hydroxylation sites is 1. The van der Waals surface area contributed by atoms with Crippen molar-refractivity contribution in [1.82, 2.24) is 4.98 Å². The van der Waals surface area contributed by atoms with E-state index in [0.29, 0.717) is 5.75 Å². The Kier molecular flexibility index (Phi) is 4.00. The quantitative estimate of drug-likeness (QED) is 0.732. The average molecular weight is 281 g/mol. The number of hydrogen-bond donors (Lipinski definition) is 1. The van der Waals surface area contributed by atoms with Crippen molar-refractivity contribution >= 4 is 22.7 Å². The molecule has 0 radical (unpaired) electrons. The largest absolute Gasteiger partial charge is 0.387 e. The zero-order valence-electron chi connectivity index (χ0n) is 10.9. The topological polar surface area (TPSA) is 33.1 Å². The minimum atomic E-state index is -0.502. The van der Waals surface area contributed by atoms with Gasteiger partial charge in [0.1, 0.15) is 0 Å². The van der Waals surface area contributed by atoms with Crippen molar-refractivity contribution in [2.24, 2.45) is 0 Å². The molecule has 0 bridgehead atoms. The van der Waals surface area contributed by atoms with Crippen LogP contribution in [0.3, 0.4) is 0 Å². The number of aliphatic hydroxyl groups excluding tert-OH is 1. The predicted molar refractivity (Wildman–Crippen MR) is 83.9 cm³/mol. The molecule has 0 spiro atoms. The molecular formula is C17H15NOS. The fourth-order valence-corrected chi connectivity index (χ4v) is 2.95. The van der Waals surface area contributed by atoms with Crippen LogP contribution in [0.15, 0.2) is 71.8 Å². The van der Waals surface area contributed by atoms with Crippen molar-refractivity contribution in [3.63, 3.8) is 0 Å². The van der Waals surface area contributed by atoms with Crippen LogP contribution in [0.1, 0.15) is 11.7 Å². The molecule has 0 amide bonds. The summed E-state index contributed by atoms with van der Waals surface area (Å²) in [6.45, 7) is 0. The Bertz CT molecular complexity index is 699. The molecule has 3 heteroatoms. The third kappa shape index (κ3) is 3.00. The van der Waals surface area contributed by atoms with Crippen molar-refractivity contribution in [3.05, 3.63) is 72.4 Å². The summed E-state index contributed by atoms with van der Waals surface area (Å²) in [5.74, 6) is 0.629. The molecule has 0 aliphatic heterocycles. The average Bonchev–Trinajstić information content (AvgIpc) is 2.53. The molecule has 1 heterocycles. The second-order valence-electron chi connectivity index (χ2n) is 4.60. The van der Waals surface area contributed by atoms with Gasteiger partial charge in [0, 0.05) is 27.8 Å². The Morgan fingerprint density at radius 1 is 1.00 bits per heavy atom. The molecule has 1 aromatic heterocycles. The van der Waals surface area contributed by atoms with Gasteiger partial charge in [-0.3, -0.25) is 4.98 Å². The molecule has 2 nitrogen and oxygen atoms in total. The summed E-state index contributed by atoms with van der Waals surface area (Å²) in [5.41, 5.74) is 1.83. The van der Waals surface area contributed by atoms with Gasteiger partial charge in [0.15, 0.2) is 0 Å². The summed E-state index contributed by atoms with van der Waals surface area (Å²) in [5, 5.41) is 11.3. The van der Waals surface area contributed by atoms with Crippen LogP contribution in [0.5, 0.6) is 0 Å². The Morgan fingerprint density at radius 2 is 1.75 bits per heavy atom. The summed E-state index contributed by atoms with van der Waals surface area (Å²) in [6.07, 6.45) is 1.26. The van der Waals surface area contributed by atoms with Gasteiger partial charge in [-0.05, 0) is 24.3 Å². The SMILES string of the molecule is OC(CSc1ccccc1)c1cnc2ccccc2c1. The minimum absolute atomic E-state index is 0.502. The van der Waals surface area contributed by atoms with E-state index in [1.165, 1.54) is 4.90 Å². The molecular weight excluding hydrogens is 266 g/mol. The van der Waals surface area contributed by atoms with Crippen molar-refractivity contribution in [2.75, 3.05) is 5.75 Å². The lowest BCUT2D eigenvalue weighted by Gasteiger charge is -2.11. The van der Waals surface area contributed by atoms with E-state index >= 15 is 0 Å². The van der Waals surface area contributed by atoms with Gasteiger partial charge in [0.2, 0.25) is 0 Å². The van der Waals surface area contributed by atoms with E-state index in [4.69, 9.17) is 0 Å². The number of rotatable bonds is 4. The number of hydrogen-bond acceptors (Lipinski definition) is 3. The van der Waals surface area contributed by atoms with Crippen LogP contribution < -0.4 is 0 Å². The molecule has 1 N–H and O–H groups in total. The number of fused-ring (bicyclic) bond motifs is 1. The van der Waals surface area contributed by atoms with E-state index in [1.807, 2.05) is 48.5 Å². The lowest BCUT2D eigenvalue weighted by atomic mass is 10.1. The summed E-state index contributed by atoms with van der Waals surface area (Å²) in [7, 11) is 0. The lowest BCUT2D eigenvalue weighted by Crippen LogP contribution is -2.01. The molecule has 3 aromatic rings. The van der Waals surface area contributed by atoms with E-state index in [-0.39, 0.29) is 0 Å². The van der Waals surface area contributed by atoms with Gasteiger partial charge < -0.3 is 5.11 Å². The van der Waals surface area contributed by atoms with Gasteiger partial charge in [-0.2, -0.15) is 0 Å². The number of aliphatic hydroxyl groups is 1. The second kappa shape index (κ2) is 6.07. The number of pyridine rings is 1. The van der Waals surface area contributed by atoms with E-state index in [9.17, 15) is 5.11 Å². The number of benzene rings is 2. The molecule has 0 aliphatic carbocycles. The van der Waals surface area contributed by atoms with Crippen LogP contribution in [0.2, 0.25) is 0 Å². The molecule has 0 aliphatic rings. The summed E-state index contributed by atoms with van der Waals surface area (Å²) < 4.78 is 0. The highest BCUT2D eigenvalue weighted by Crippen LogP contribution is 2.25. The molecule has 3 rings (SSSR count). The first-order valence-electron chi connectivity index (χ1n) is 6.53. The van der Waals surface area contributed by atoms with Crippen molar-refractivity contribution in [3.8, 4) is 0 Å². The molecule has 100 valence electrons. The highest BCUT2D eigenvalue weighted by atomic mass is 32.2. The van der Waals surface area contributed by atoms with Crippen molar-refractivity contribution < 1.29 is 5.11 Å². The van der Waals surface area contributed by atoms with Gasteiger partial charge in [0.25, 0.3) is 0 Å². The van der Waals surface area contributed by atoms with Crippen LogP contribution in [0, 0.1) is 0 Å². The molecule has 0 saturated heterocycles. The summed E-state index contributed by atoms with van der Waals surface area (Å²) >= 11 is 1.65. The van der Waals surface area contributed by atoms with Gasteiger partial charge in [0.05, 0.1) is 11.6 Å². The highest BCUT2D eigenvalue weighted by Gasteiger charge is 2.09. The van der Waals surface area contributed by atoms with E-state index < -0.39 is 6.10 Å². The van der Waals surface area contributed by atoms with Gasteiger partial charge in [-0.25, -0.2) is 0 Å². The normalized spacial score (nSPS) is 12.4. The minimum Gasteiger partial charge on any atom is -0.387 e. The second-order valence-corrected chi connectivity index (χ2v) is 5.69. The predicted octanol–water partition coefficient (Wildman–Crippen LogP) is 4.06. The van der Waals surface area contributed by atoms with Crippen LogP contribution in [-0.2, 0) is 0 Å². The van der Waals surface area contributed by atoms with E-state index in [0.717, 1.165) is 16.5 Å². The smallest absolute Gasteiger partial charge is 0.0898 e. The monoisotopic (exact) mass is 281 g/mol. The molecule has 2 aromatic carbocycles. The third-order valence-electron chi connectivity index (χ3n) is 3.15. The molecule has 0 fully saturated rings. The maximum atomic E-state index is 10.3. The summed E-state index contributed by atoms with van der Waals surface area (Å²) in [4.78, 5) is 5.55. The summed E-state index contributed by atoms with van der Waals surface area (Å²) in [6, 6.07) is 20.1. The standard InChI is InChI=1S/C17H15NOS/c19-17(12-20-15-7-2-1-3-8-15)14-10-13-6-4-5-9-16(13)18-11-14/h1-11,17,19H,12H2. The Hall–Kier alpha value is -1.84. The zero-order valence-corrected chi connectivity index (χ0v) is 11.8. The Morgan fingerprint density at radius 3 is 2.60 bits per heavy atom. The zero-order chi connectivity index (χ0) is 13.8. The first-order chi connectivity index (χ1) is 9.83. The third-order valence-corrected chi connectivity index (χ3v) is 4.24. The van der Waals surface area contributed by atoms with E-state index in [1.54, 1.807) is 18.0 Å². The van der Waals surface area contributed by atoms with Crippen molar-refractivity contribution in [2.45, 2.75) is 11.0 Å². The first kappa shape index (κ1) is 13.2. The van der Waals surface area contributed by atoms with Crippen molar-refractivity contribution in [1.29, 1.82) is 0 Å².